The summed E-state index contributed by atoms with van der Waals surface area (Å²) in [6.45, 7) is 3.33. The first-order valence-corrected chi connectivity index (χ1v) is 10.4. The molecule has 1 atom stereocenters. The van der Waals surface area contributed by atoms with Crippen LogP contribution in [-0.4, -0.2) is 36.7 Å². The molecule has 0 fully saturated rings. The normalized spacial score (nSPS) is 20.7. The predicted molar refractivity (Wildman–Crippen MR) is 113 cm³/mol. The van der Waals surface area contributed by atoms with Gasteiger partial charge in [0.2, 0.25) is 0 Å². The van der Waals surface area contributed by atoms with Gasteiger partial charge in [-0.3, -0.25) is 0 Å². The van der Waals surface area contributed by atoms with Crippen molar-refractivity contribution in [2.24, 2.45) is 0 Å². The highest BCUT2D eigenvalue weighted by Crippen LogP contribution is 2.54. The molecule has 3 aliphatic rings. The van der Waals surface area contributed by atoms with Crippen LogP contribution in [0.3, 0.4) is 0 Å². The van der Waals surface area contributed by atoms with E-state index in [1.807, 2.05) is 18.2 Å². The van der Waals surface area contributed by atoms with Crippen molar-refractivity contribution < 1.29 is 18.8 Å². The van der Waals surface area contributed by atoms with E-state index in [1.54, 1.807) is 0 Å². The Labute approximate surface area is 178 Å². The van der Waals surface area contributed by atoms with Crippen molar-refractivity contribution in [3.63, 3.8) is 0 Å². The Morgan fingerprint density at radius 1 is 0.806 bits per heavy atom. The molecule has 4 aromatic rings. The highest BCUT2D eigenvalue weighted by atomic mass is 16.6. The number of para-hydroxylation sites is 1. The molecule has 3 aromatic carbocycles. The molecule has 31 heavy (non-hydrogen) atoms. The third-order valence-corrected chi connectivity index (χ3v) is 6.55. The zero-order valence-corrected chi connectivity index (χ0v) is 16.7. The second-order valence-electron chi connectivity index (χ2n) is 8.32. The van der Waals surface area contributed by atoms with Crippen molar-refractivity contribution in [1.82, 2.24) is 10.3 Å². The van der Waals surface area contributed by atoms with Crippen LogP contribution in [0.4, 0.5) is 5.69 Å². The second kappa shape index (κ2) is 6.14. The molecule has 0 aliphatic carbocycles. The lowest BCUT2D eigenvalue weighted by Crippen LogP contribution is -2.36. The number of anilines is 1. The lowest BCUT2D eigenvalue weighted by molar-refractivity contribution is 0.171. The molecule has 1 aromatic heterocycles. The van der Waals surface area contributed by atoms with Crippen molar-refractivity contribution in [2.75, 3.05) is 31.3 Å². The summed E-state index contributed by atoms with van der Waals surface area (Å²) in [5.74, 6) is 2.45. The van der Waals surface area contributed by atoms with Crippen molar-refractivity contribution in [3.8, 4) is 17.2 Å². The highest BCUT2D eigenvalue weighted by molar-refractivity contribution is 5.75. The Hall–Kier alpha value is -3.74. The Morgan fingerprint density at radius 3 is 2.58 bits per heavy atom. The largest absolute Gasteiger partial charge is 0.492 e. The molecular formula is C24H19N3O4. The minimum absolute atomic E-state index is 0.235. The first kappa shape index (κ1) is 17.0. The molecule has 1 unspecified atom stereocenters. The first-order valence-electron chi connectivity index (χ1n) is 10.4. The van der Waals surface area contributed by atoms with Crippen LogP contribution in [0.5, 0.6) is 17.2 Å². The minimum Gasteiger partial charge on any atom is -0.492 e. The fourth-order valence-electron chi connectivity index (χ4n) is 5.13. The number of ether oxygens (including phenoxy) is 3. The van der Waals surface area contributed by atoms with E-state index in [4.69, 9.17) is 18.8 Å². The van der Waals surface area contributed by atoms with Crippen LogP contribution >= 0.6 is 0 Å². The number of hydrogen-bond donors (Lipinski definition) is 0. The van der Waals surface area contributed by atoms with Crippen LogP contribution in [-0.2, 0) is 12.0 Å². The van der Waals surface area contributed by atoms with Gasteiger partial charge in [0.05, 0.1) is 5.41 Å². The van der Waals surface area contributed by atoms with Gasteiger partial charge >= 0.3 is 0 Å². The third kappa shape index (κ3) is 2.40. The molecular weight excluding hydrogens is 394 g/mol. The first-order chi connectivity index (χ1) is 15.3. The van der Waals surface area contributed by atoms with Crippen molar-refractivity contribution in [1.29, 1.82) is 0 Å². The van der Waals surface area contributed by atoms with Gasteiger partial charge in [0.25, 0.3) is 0 Å². The Morgan fingerprint density at radius 2 is 1.65 bits per heavy atom. The van der Waals surface area contributed by atoms with Crippen LogP contribution in [0.2, 0.25) is 0 Å². The van der Waals surface area contributed by atoms with Crippen LogP contribution in [0, 0.1) is 0 Å². The quantitative estimate of drug-likeness (QED) is 0.496. The molecule has 3 aliphatic heterocycles. The highest BCUT2D eigenvalue weighted by Gasteiger charge is 2.50. The van der Waals surface area contributed by atoms with E-state index in [2.05, 4.69) is 51.6 Å². The molecule has 0 bridgehead atoms. The molecule has 1 spiro atoms. The lowest BCUT2D eigenvalue weighted by atomic mass is 9.77. The summed E-state index contributed by atoms with van der Waals surface area (Å²) in [7, 11) is 0. The maximum Gasteiger partial charge on any atom is 0.165 e. The summed E-state index contributed by atoms with van der Waals surface area (Å²) in [5, 5.41) is 7.90. The van der Waals surface area contributed by atoms with Gasteiger partial charge in [0.15, 0.2) is 11.5 Å². The molecule has 7 rings (SSSR count). The van der Waals surface area contributed by atoms with Gasteiger partial charge in [0, 0.05) is 30.4 Å². The van der Waals surface area contributed by atoms with E-state index in [-0.39, 0.29) is 5.41 Å². The summed E-state index contributed by atoms with van der Waals surface area (Å²) in [4.78, 5) is 2.42. The number of fused-ring (bicyclic) bond motifs is 6. The molecule has 0 amide bonds. The number of rotatable bonds is 2. The summed E-state index contributed by atoms with van der Waals surface area (Å²) in [6, 6.07) is 18.8. The fraction of sp³-hybridized carbons (Fsp3) is 0.250. The molecule has 0 saturated heterocycles. The SMILES string of the molecule is c1ccc2c(c1)N(Cc1ccc3nonc3c1)CC21COc2cc3c(cc21)OCCO3. The molecule has 4 heterocycles. The molecule has 0 radical (unpaired) electrons. The van der Waals surface area contributed by atoms with Crippen molar-refractivity contribution in [2.45, 2.75) is 12.0 Å². The van der Waals surface area contributed by atoms with E-state index in [0.717, 1.165) is 46.9 Å². The summed E-state index contributed by atoms with van der Waals surface area (Å²) in [5.41, 5.74) is 6.16. The number of benzene rings is 3. The third-order valence-electron chi connectivity index (χ3n) is 6.55. The van der Waals surface area contributed by atoms with Gasteiger partial charge in [-0.1, -0.05) is 24.3 Å². The second-order valence-corrected chi connectivity index (χ2v) is 8.32. The number of hydrogen-bond acceptors (Lipinski definition) is 7. The van der Waals surface area contributed by atoms with Gasteiger partial charge in [-0.05, 0) is 45.7 Å². The molecule has 7 heteroatoms. The molecule has 0 N–H and O–H groups in total. The van der Waals surface area contributed by atoms with Crippen LogP contribution in [0.1, 0.15) is 16.7 Å². The fourth-order valence-corrected chi connectivity index (χ4v) is 5.13. The van der Waals surface area contributed by atoms with Gasteiger partial charge in [-0.2, -0.15) is 0 Å². The van der Waals surface area contributed by atoms with Crippen molar-refractivity contribution >= 4 is 16.7 Å². The monoisotopic (exact) mass is 413 g/mol. The Bertz CT molecular complexity index is 1330. The Kier molecular flexibility index (Phi) is 3.36. The molecule has 154 valence electrons. The standard InChI is InChI=1S/C24H19N3O4/c1-2-4-20-16(3-1)24(13-27(20)12-15-5-6-18-19(9-15)26-31-25-18)14-30-21-11-23-22(10-17(21)24)28-7-8-29-23/h1-6,9-11H,7-8,12-14H2. The maximum atomic E-state index is 6.21. The summed E-state index contributed by atoms with van der Waals surface area (Å²) >= 11 is 0. The topological polar surface area (TPSA) is 69.9 Å². The van der Waals surface area contributed by atoms with Crippen LogP contribution < -0.4 is 19.1 Å². The number of aromatic nitrogens is 2. The Balaban J connectivity index is 1.31. The summed E-state index contributed by atoms with van der Waals surface area (Å²) < 4.78 is 22.7. The van der Waals surface area contributed by atoms with Gasteiger partial charge < -0.3 is 19.1 Å². The van der Waals surface area contributed by atoms with Crippen molar-refractivity contribution in [3.05, 3.63) is 71.3 Å². The van der Waals surface area contributed by atoms with E-state index in [0.29, 0.717) is 19.8 Å². The van der Waals surface area contributed by atoms with E-state index in [9.17, 15) is 0 Å². The van der Waals surface area contributed by atoms with E-state index in [1.165, 1.54) is 16.8 Å². The smallest absolute Gasteiger partial charge is 0.165 e. The van der Waals surface area contributed by atoms with E-state index < -0.39 is 0 Å². The van der Waals surface area contributed by atoms with Gasteiger partial charge in [-0.25, -0.2) is 4.63 Å². The van der Waals surface area contributed by atoms with E-state index >= 15 is 0 Å². The zero-order chi connectivity index (χ0) is 20.4. The van der Waals surface area contributed by atoms with Gasteiger partial charge in [0.1, 0.15) is 36.6 Å². The number of nitrogens with zero attached hydrogens (tertiary/aromatic N) is 3. The maximum absolute atomic E-state index is 6.21. The van der Waals surface area contributed by atoms with Crippen LogP contribution in [0.25, 0.3) is 11.0 Å². The average Bonchev–Trinajstić information content (AvgIpc) is 3.50. The minimum atomic E-state index is -0.235. The average molecular weight is 413 g/mol. The lowest BCUT2D eigenvalue weighted by Gasteiger charge is -2.26. The summed E-state index contributed by atoms with van der Waals surface area (Å²) in [6.07, 6.45) is 0. The van der Waals surface area contributed by atoms with Crippen LogP contribution in [0.15, 0.2) is 59.2 Å². The predicted octanol–water partition coefficient (Wildman–Crippen LogP) is 3.69. The molecule has 0 saturated carbocycles. The zero-order valence-electron chi connectivity index (χ0n) is 16.7. The molecule has 7 nitrogen and oxygen atoms in total. The van der Waals surface area contributed by atoms with Gasteiger partial charge in [-0.15, -0.1) is 0 Å².